The highest BCUT2D eigenvalue weighted by Gasteiger charge is 2.23. The van der Waals surface area contributed by atoms with Crippen LogP contribution in [0.4, 0.5) is 0 Å². The highest BCUT2D eigenvalue weighted by atomic mass is 16.6. The predicted octanol–water partition coefficient (Wildman–Crippen LogP) is 8.99. The second kappa shape index (κ2) is 15.0. The summed E-state index contributed by atoms with van der Waals surface area (Å²) in [5.74, 6) is 2.80. The van der Waals surface area contributed by atoms with Crippen molar-refractivity contribution < 1.29 is 19.0 Å². The Bertz CT molecular complexity index is 1420. The van der Waals surface area contributed by atoms with E-state index in [2.05, 4.69) is 54.8 Å². The molecule has 4 aromatic rings. The number of aryl methyl sites for hydroxylation is 1. The maximum absolute atomic E-state index is 12.7. The molecule has 0 spiro atoms. The average molecular weight is 580 g/mol. The molecular formula is C38H45NO4. The molecule has 1 aliphatic carbocycles. The number of ether oxygens (including phenoxy) is 3. The van der Waals surface area contributed by atoms with E-state index in [1.807, 2.05) is 61.5 Å². The van der Waals surface area contributed by atoms with Gasteiger partial charge in [-0.3, -0.25) is 0 Å². The maximum Gasteiger partial charge on any atom is 0.347 e. The molecule has 0 aliphatic heterocycles. The molecule has 0 saturated heterocycles. The summed E-state index contributed by atoms with van der Waals surface area (Å²) in [6.07, 6.45) is 7.68. The molecule has 5 rings (SSSR count). The minimum Gasteiger partial charge on any atom is -0.493 e. The monoisotopic (exact) mass is 579 g/mol. The van der Waals surface area contributed by atoms with Crippen LogP contribution in [0.5, 0.6) is 11.5 Å². The van der Waals surface area contributed by atoms with Gasteiger partial charge in [0, 0.05) is 17.8 Å². The van der Waals surface area contributed by atoms with E-state index >= 15 is 0 Å². The third-order valence-electron chi connectivity index (χ3n) is 8.56. The fourth-order valence-electron chi connectivity index (χ4n) is 6.21. The molecule has 0 N–H and O–H groups in total. The molecule has 5 nitrogen and oxygen atoms in total. The van der Waals surface area contributed by atoms with Gasteiger partial charge in [0.2, 0.25) is 0 Å². The van der Waals surface area contributed by atoms with E-state index in [0.29, 0.717) is 24.7 Å². The first-order valence-corrected chi connectivity index (χ1v) is 15.9. The smallest absolute Gasteiger partial charge is 0.347 e. The van der Waals surface area contributed by atoms with Crippen LogP contribution in [0.25, 0.3) is 16.9 Å². The lowest BCUT2D eigenvalue weighted by Gasteiger charge is -2.28. The van der Waals surface area contributed by atoms with Gasteiger partial charge in [-0.1, -0.05) is 62.9 Å². The Morgan fingerprint density at radius 1 is 0.814 bits per heavy atom. The predicted molar refractivity (Wildman–Crippen MR) is 173 cm³/mol. The molecule has 1 aromatic heterocycles. The number of nitrogens with zero attached hydrogens (tertiary/aromatic N) is 1. The van der Waals surface area contributed by atoms with Crippen molar-refractivity contribution in [3.05, 3.63) is 102 Å². The highest BCUT2D eigenvalue weighted by Crippen LogP contribution is 2.33. The van der Waals surface area contributed by atoms with Crippen LogP contribution in [0.1, 0.15) is 63.6 Å². The van der Waals surface area contributed by atoms with Crippen molar-refractivity contribution in [3.8, 4) is 28.4 Å². The minimum absolute atomic E-state index is 0.315. The van der Waals surface area contributed by atoms with Crippen molar-refractivity contribution in [2.45, 2.75) is 71.8 Å². The summed E-state index contributed by atoms with van der Waals surface area (Å²) in [7, 11) is 0. The van der Waals surface area contributed by atoms with Crippen LogP contribution >= 0.6 is 0 Å². The number of aromatic nitrogens is 1. The van der Waals surface area contributed by atoms with E-state index in [0.717, 1.165) is 46.5 Å². The van der Waals surface area contributed by atoms with Crippen LogP contribution in [0, 0.1) is 18.8 Å². The van der Waals surface area contributed by atoms with Crippen molar-refractivity contribution in [2.75, 3.05) is 13.2 Å². The van der Waals surface area contributed by atoms with Gasteiger partial charge in [0.1, 0.15) is 11.5 Å². The molecular weight excluding hydrogens is 534 g/mol. The zero-order valence-electron chi connectivity index (χ0n) is 25.8. The molecule has 43 heavy (non-hydrogen) atoms. The van der Waals surface area contributed by atoms with Crippen LogP contribution in [-0.2, 0) is 16.0 Å². The van der Waals surface area contributed by atoms with Crippen molar-refractivity contribution in [2.24, 2.45) is 11.8 Å². The molecule has 3 aromatic carbocycles. The van der Waals surface area contributed by atoms with Crippen molar-refractivity contribution in [3.63, 3.8) is 0 Å². The quantitative estimate of drug-likeness (QED) is 0.148. The summed E-state index contributed by atoms with van der Waals surface area (Å²) in [6, 6.07) is 30.5. The lowest BCUT2D eigenvalue weighted by molar-refractivity contribution is -0.151. The molecule has 1 fully saturated rings. The van der Waals surface area contributed by atoms with Crippen molar-refractivity contribution in [1.29, 1.82) is 0 Å². The normalized spacial score (nSPS) is 17.3. The Kier molecular flexibility index (Phi) is 10.6. The third kappa shape index (κ3) is 8.10. The topological polar surface area (TPSA) is 49.7 Å². The molecule has 1 atom stereocenters. The lowest BCUT2D eigenvalue weighted by atomic mass is 9.80. The van der Waals surface area contributed by atoms with E-state index in [4.69, 9.17) is 14.2 Å². The summed E-state index contributed by atoms with van der Waals surface area (Å²) in [5.41, 5.74) is 5.42. The van der Waals surface area contributed by atoms with Crippen LogP contribution < -0.4 is 9.47 Å². The fraction of sp³-hybridized carbons (Fsp3) is 0.395. The van der Waals surface area contributed by atoms with Crippen molar-refractivity contribution >= 4 is 5.97 Å². The van der Waals surface area contributed by atoms with E-state index in [1.54, 1.807) is 0 Å². The summed E-state index contributed by atoms with van der Waals surface area (Å²) < 4.78 is 19.9. The third-order valence-corrected chi connectivity index (χ3v) is 8.56. The summed E-state index contributed by atoms with van der Waals surface area (Å²) in [6.45, 7) is 7.34. The van der Waals surface area contributed by atoms with Gasteiger partial charge in [-0.15, -0.1) is 0 Å². The van der Waals surface area contributed by atoms with Gasteiger partial charge < -0.3 is 18.8 Å². The first-order chi connectivity index (χ1) is 21.0. The van der Waals surface area contributed by atoms with Crippen LogP contribution in [0.2, 0.25) is 0 Å². The SMILES string of the molecule is CCCC1CCC(COc2ccc(-n3c(C)ccc3-c3ccc(O[C@H](Cc4ccccc4)C(=O)OCC)cc3)cc2)CC1. The summed E-state index contributed by atoms with van der Waals surface area (Å²) in [4.78, 5) is 12.7. The summed E-state index contributed by atoms with van der Waals surface area (Å²) >= 11 is 0. The molecule has 0 radical (unpaired) electrons. The number of esters is 1. The van der Waals surface area contributed by atoms with E-state index < -0.39 is 6.10 Å². The number of hydrogen-bond donors (Lipinski definition) is 0. The number of hydrogen-bond acceptors (Lipinski definition) is 4. The van der Waals surface area contributed by atoms with Gasteiger partial charge in [-0.05, 0) is 110 Å². The molecule has 1 saturated carbocycles. The Balaban J connectivity index is 1.24. The highest BCUT2D eigenvalue weighted by molar-refractivity contribution is 5.75. The van der Waals surface area contributed by atoms with E-state index in [-0.39, 0.29) is 5.97 Å². The van der Waals surface area contributed by atoms with E-state index in [9.17, 15) is 4.79 Å². The minimum atomic E-state index is -0.712. The number of carbonyl (C=O) groups excluding carboxylic acids is 1. The largest absolute Gasteiger partial charge is 0.493 e. The average Bonchev–Trinajstić information content (AvgIpc) is 3.43. The zero-order valence-corrected chi connectivity index (χ0v) is 25.8. The van der Waals surface area contributed by atoms with Gasteiger partial charge in [-0.2, -0.15) is 0 Å². The van der Waals surface area contributed by atoms with Crippen LogP contribution in [-0.4, -0.2) is 29.9 Å². The molecule has 5 heteroatoms. The number of carbonyl (C=O) groups is 1. The standard InChI is InChI=1S/C38H45NO4/c1-4-9-29-13-15-31(16-14-29)27-42-34-23-19-33(20-24-34)39-28(3)12-25-36(39)32-17-21-35(22-18-32)43-37(38(40)41-5-2)26-30-10-7-6-8-11-30/h6-8,10-12,17-25,29,31,37H,4-5,9,13-16,26-27H2,1-3H3/t29?,31?,37-/m1/s1. The van der Waals surface area contributed by atoms with Crippen LogP contribution in [0.3, 0.4) is 0 Å². The van der Waals surface area contributed by atoms with E-state index in [1.165, 1.54) is 38.5 Å². The van der Waals surface area contributed by atoms with Gasteiger partial charge in [-0.25, -0.2) is 4.79 Å². The first kappa shape index (κ1) is 30.5. The molecule has 226 valence electrons. The summed E-state index contributed by atoms with van der Waals surface area (Å²) in [5, 5.41) is 0. The Morgan fingerprint density at radius 2 is 1.49 bits per heavy atom. The Morgan fingerprint density at radius 3 is 2.16 bits per heavy atom. The maximum atomic E-state index is 12.7. The Labute approximate surface area is 256 Å². The van der Waals surface area contributed by atoms with Gasteiger partial charge in [0.15, 0.2) is 6.10 Å². The second-order valence-electron chi connectivity index (χ2n) is 11.7. The fourth-order valence-corrected chi connectivity index (χ4v) is 6.21. The number of benzene rings is 3. The second-order valence-corrected chi connectivity index (χ2v) is 11.7. The van der Waals surface area contributed by atoms with Gasteiger partial charge in [0.05, 0.1) is 18.9 Å². The lowest BCUT2D eigenvalue weighted by Crippen LogP contribution is -2.31. The Hall–Kier alpha value is -3.99. The molecule has 1 aliphatic rings. The van der Waals surface area contributed by atoms with Crippen LogP contribution in [0.15, 0.2) is 91.0 Å². The van der Waals surface area contributed by atoms with Gasteiger partial charge in [0.25, 0.3) is 0 Å². The van der Waals surface area contributed by atoms with Crippen molar-refractivity contribution in [1.82, 2.24) is 4.57 Å². The number of rotatable bonds is 13. The molecule has 0 bridgehead atoms. The first-order valence-electron chi connectivity index (χ1n) is 15.9. The zero-order chi connectivity index (χ0) is 30.0. The van der Waals surface area contributed by atoms with Gasteiger partial charge >= 0.3 is 5.97 Å². The molecule has 0 unspecified atom stereocenters. The molecule has 0 amide bonds. The molecule has 1 heterocycles.